The van der Waals surface area contributed by atoms with E-state index in [4.69, 9.17) is 0 Å². The third-order valence-corrected chi connectivity index (χ3v) is 5.58. The van der Waals surface area contributed by atoms with E-state index < -0.39 is 15.6 Å². The lowest BCUT2D eigenvalue weighted by molar-refractivity contribution is 0.258. The first kappa shape index (κ1) is 25.1. The molecule has 3 N–H and O–H groups in total. The molecule has 0 aliphatic carbocycles. The normalized spacial score (nSPS) is 21.2. The van der Waals surface area contributed by atoms with Gasteiger partial charge in [0.25, 0.3) is 0 Å². The maximum atomic E-state index is 11.5. The van der Waals surface area contributed by atoms with E-state index in [0.717, 1.165) is 19.5 Å². The lowest BCUT2D eigenvalue weighted by Gasteiger charge is -2.27. The molecular formula is C19H34IN5O2S. The number of halogens is 1. The Labute approximate surface area is 186 Å². The van der Waals surface area contributed by atoms with Crippen LogP contribution in [-0.2, 0) is 16.6 Å². The highest BCUT2D eigenvalue weighted by atomic mass is 127. The third kappa shape index (κ3) is 8.62. The molecule has 2 unspecified atom stereocenters. The minimum Gasteiger partial charge on any atom is -0.355 e. The third-order valence-electron chi connectivity index (χ3n) is 4.66. The quantitative estimate of drug-likeness (QED) is 0.288. The standard InChI is InChI=1S/C19H33N5O2S.HI/c1-15-11-17(13-24(15)12-16-9-7-6-8-10-16)22-18(20-4)21-14-19(2,3)23-27(5,25)26;/h6-10,15,17,23H,11-14H2,1-5H3,(H2,20,21,22);1H. The molecule has 0 saturated carbocycles. The summed E-state index contributed by atoms with van der Waals surface area (Å²) < 4.78 is 25.6. The molecule has 0 bridgehead atoms. The summed E-state index contributed by atoms with van der Waals surface area (Å²) in [5, 5.41) is 6.70. The van der Waals surface area contributed by atoms with Crippen LogP contribution in [0.5, 0.6) is 0 Å². The van der Waals surface area contributed by atoms with E-state index in [9.17, 15) is 8.42 Å². The first-order chi connectivity index (χ1) is 12.6. The fraction of sp³-hybridized carbons (Fsp3) is 0.632. The number of sulfonamides is 1. The Hall–Kier alpha value is -0.910. The van der Waals surface area contributed by atoms with Crippen LogP contribution in [0.15, 0.2) is 35.3 Å². The largest absolute Gasteiger partial charge is 0.355 e. The first-order valence-corrected chi connectivity index (χ1v) is 11.2. The van der Waals surface area contributed by atoms with E-state index in [1.807, 2.05) is 19.9 Å². The van der Waals surface area contributed by atoms with Crippen molar-refractivity contribution in [3.63, 3.8) is 0 Å². The van der Waals surface area contributed by atoms with Gasteiger partial charge in [-0.05, 0) is 32.8 Å². The Morgan fingerprint density at radius 3 is 2.50 bits per heavy atom. The van der Waals surface area contributed by atoms with Crippen molar-refractivity contribution >= 4 is 40.0 Å². The molecule has 0 radical (unpaired) electrons. The van der Waals surface area contributed by atoms with Crippen LogP contribution in [0.25, 0.3) is 0 Å². The van der Waals surface area contributed by atoms with Crippen LogP contribution in [0.3, 0.4) is 0 Å². The minimum absolute atomic E-state index is 0. The van der Waals surface area contributed by atoms with Gasteiger partial charge in [-0.3, -0.25) is 9.89 Å². The summed E-state index contributed by atoms with van der Waals surface area (Å²) >= 11 is 0. The molecule has 7 nitrogen and oxygen atoms in total. The molecule has 1 aromatic carbocycles. The second kappa shape index (κ2) is 10.7. The van der Waals surface area contributed by atoms with Gasteiger partial charge in [-0.1, -0.05) is 30.3 Å². The summed E-state index contributed by atoms with van der Waals surface area (Å²) in [6.45, 7) is 8.26. The van der Waals surface area contributed by atoms with Crippen molar-refractivity contribution in [3.05, 3.63) is 35.9 Å². The molecule has 9 heteroatoms. The number of guanidine groups is 1. The molecule has 2 rings (SSSR count). The van der Waals surface area contributed by atoms with Crippen molar-refractivity contribution in [3.8, 4) is 0 Å². The second-order valence-electron chi connectivity index (χ2n) is 8.02. The highest BCUT2D eigenvalue weighted by Crippen LogP contribution is 2.20. The molecule has 0 aromatic heterocycles. The summed E-state index contributed by atoms with van der Waals surface area (Å²) in [6, 6.07) is 11.3. The molecule has 0 amide bonds. The van der Waals surface area contributed by atoms with Gasteiger partial charge in [0.05, 0.1) is 6.26 Å². The van der Waals surface area contributed by atoms with Crippen LogP contribution >= 0.6 is 24.0 Å². The van der Waals surface area contributed by atoms with Crippen molar-refractivity contribution in [2.75, 3.05) is 26.4 Å². The van der Waals surface area contributed by atoms with E-state index in [0.29, 0.717) is 24.6 Å². The Kier molecular flexibility index (Phi) is 9.65. The van der Waals surface area contributed by atoms with Crippen molar-refractivity contribution in [1.29, 1.82) is 0 Å². The van der Waals surface area contributed by atoms with Crippen LogP contribution in [0.4, 0.5) is 0 Å². The predicted molar refractivity (Wildman–Crippen MR) is 127 cm³/mol. The molecule has 160 valence electrons. The lowest BCUT2D eigenvalue weighted by atomic mass is 10.1. The SMILES string of the molecule is CN=C(NCC(C)(C)NS(C)(=O)=O)NC1CC(C)N(Cc2ccccc2)C1.I. The highest BCUT2D eigenvalue weighted by molar-refractivity contribution is 14.0. The number of rotatable bonds is 7. The molecule has 1 fully saturated rings. The fourth-order valence-corrected chi connectivity index (χ4v) is 4.55. The fourth-order valence-electron chi connectivity index (χ4n) is 3.47. The molecular weight excluding hydrogens is 489 g/mol. The van der Waals surface area contributed by atoms with Gasteiger partial charge in [-0.25, -0.2) is 13.1 Å². The van der Waals surface area contributed by atoms with Gasteiger partial charge in [0.15, 0.2) is 5.96 Å². The van der Waals surface area contributed by atoms with Crippen molar-refractivity contribution in [1.82, 2.24) is 20.3 Å². The van der Waals surface area contributed by atoms with E-state index >= 15 is 0 Å². The molecule has 1 aromatic rings. The zero-order valence-corrected chi connectivity index (χ0v) is 20.5. The molecule has 2 atom stereocenters. The maximum Gasteiger partial charge on any atom is 0.209 e. The van der Waals surface area contributed by atoms with Crippen LogP contribution in [0.2, 0.25) is 0 Å². The summed E-state index contributed by atoms with van der Waals surface area (Å²) in [6.07, 6.45) is 2.21. The molecule has 1 saturated heterocycles. The van der Waals surface area contributed by atoms with Crippen molar-refractivity contribution < 1.29 is 8.42 Å². The Morgan fingerprint density at radius 2 is 1.93 bits per heavy atom. The van der Waals surface area contributed by atoms with Gasteiger partial charge in [0.1, 0.15) is 0 Å². The minimum atomic E-state index is -3.26. The van der Waals surface area contributed by atoms with E-state index in [1.54, 1.807) is 7.05 Å². The predicted octanol–water partition coefficient (Wildman–Crippen LogP) is 1.76. The number of hydrogen-bond acceptors (Lipinski definition) is 4. The molecule has 0 spiro atoms. The molecule has 28 heavy (non-hydrogen) atoms. The number of aliphatic imine (C=N–C) groups is 1. The zero-order chi connectivity index (χ0) is 20.1. The average Bonchev–Trinajstić information content (AvgIpc) is 2.89. The topological polar surface area (TPSA) is 85.8 Å². The van der Waals surface area contributed by atoms with Gasteiger partial charge in [-0.2, -0.15) is 0 Å². The number of likely N-dealkylation sites (tertiary alicyclic amines) is 1. The van der Waals surface area contributed by atoms with Crippen molar-refractivity contribution in [2.45, 2.75) is 51.4 Å². The molecule has 1 heterocycles. The number of nitrogens with one attached hydrogen (secondary N) is 3. The Balaban J connectivity index is 0.00000392. The molecule has 1 aliphatic rings. The van der Waals surface area contributed by atoms with Gasteiger partial charge in [0.2, 0.25) is 10.0 Å². The van der Waals surface area contributed by atoms with Crippen LogP contribution < -0.4 is 15.4 Å². The van der Waals surface area contributed by atoms with Gasteiger partial charge >= 0.3 is 0 Å². The van der Waals surface area contributed by atoms with Crippen molar-refractivity contribution in [2.24, 2.45) is 4.99 Å². The smallest absolute Gasteiger partial charge is 0.209 e. The van der Waals surface area contributed by atoms with E-state index in [2.05, 4.69) is 56.4 Å². The number of nitrogens with zero attached hydrogens (tertiary/aromatic N) is 2. The lowest BCUT2D eigenvalue weighted by Crippen LogP contribution is -2.54. The van der Waals surface area contributed by atoms with Gasteiger partial charge in [-0.15, -0.1) is 24.0 Å². The average molecular weight is 523 g/mol. The van der Waals surface area contributed by atoms with E-state index in [-0.39, 0.29) is 24.0 Å². The molecule has 1 aliphatic heterocycles. The summed E-state index contributed by atoms with van der Waals surface area (Å²) in [5.41, 5.74) is 0.717. The van der Waals surface area contributed by atoms with Gasteiger partial charge in [0, 0.05) is 44.3 Å². The highest BCUT2D eigenvalue weighted by Gasteiger charge is 2.30. The number of benzene rings is 1. The summed E-state index contributed by atoms with van der Waals surface area (Å²) in [5.74, 6) is 0.692. The first-order valence-electron chi connectivity index (χ1n) is 9.32. The summed E-state index contributed by atoms with van der Waals surface area (Å²) in [7, 11) is -1.53. The Morgan fingerprint density at radius 1 is 1.29 bits per heavy atom. The van der Waals surface area contributed by atoms with Gasteiger partial charge < -0.3 is 10.6 Å². The van der Waals surface area contributed by atoms with E-state index in [1.165, 1.54) is 11.8 Å². The zero-order valence-electron chi connectivity index (χ0n) is 17.4. The summed E-state index contributed by atoms with van der Waals surface area (Å²) in [4.78, 5) is 6.75. The monoisotopic (exact) mass is 523 g/mol. The maximum absolute atomic E-state index is 11.5. The number of hydrogen-bond donors (Lipinski definition) is 3. The van der Waals surface area contributed by atoms with Crippen LogP contribution in [-0.4, -0.2) is 63.3 Å². The van der Waals surface area contributed by atoms with Crippen LogP contribution in [0, 0.1) is 0 Å². The van der Waals surface area contributed by atoms with Crippen LogP contribution in [0.1, 0.15) is 32.8 Å². The second-order valence-corrected chi connectivity index (χ2v) is 9.77. The Bertz CT molecular complexity index is 740.